The quantitative estimate of drug-likeness (QED) is 0.368. The lowest BCUT2D eigenvalue weighted by Crippen LogP contribution is -2.59. The molecular formula is C27H40BrClN4O4. The van der Waals surface area contributed by atoms with Gasteiger partial charge in [-0.3, -0.25) is 0 Å². The van der Waals surface area contributed by atoms with E-state index in [9.17, 15) is 4.79 Å². The van der Waals surface area contributed by atoms with Crippen molar-refractivity contribution in [3.8, 4) is 11.8 Å². The molecule has 3 rings (SSSR count). The van der Waals surface area contributed by atoms with E-state index >= 15 is 0 Å². The Morgan fingerprint density at radius 1 is 0.946 bits per heavy atom. The molecule has 1 aliphatic rings. The number of rotatable bonds is 3. The third-order valence-electron chi connectivity index (χ3n) is 5.49. The van der Waals surface area contributed by atoms with Gasteiger partial charge >= 0.3 is 12.1 Å². The van der Waals surface area contributed by atoms with Crippen LogP contribution in [0.1, 0.15) is 76.2 Å². The van der Waals surface area contributed by atoms with Crippen molar-refractivity contribution < 1.29 is 19.0 Å². The molecule has 10 heteroatoms. The van der Waals surface area contributed by atoms with Crippen molar-refractivity contribution in [1.29, 1.82) is 0 Å². The third-order valence-corrected chi connectivity index (χ3v) is 6.81. The Balaban J connectivity index is 2.15. The third kappa shape index (κ3) is 7.31. The van der Waals surface area contributed by atoms with Crippen LogP contribution in [0.3, 0.4) is 0 Å². The van der Waals surface area contributed by atoms with Gasteiger partial charge in [0.15, 0.2) is 5.75 Å². The number of piperazine rings is 1. The lowest BCUT2D eigenvalue weighted by atomic mass is 10.1. The van der Waals surface area contributed by atoms with Crippen molar-refractivity contribution in [1.82, 2.24) is 14.9 Å². The highest BCUT2D eigenvalue weighted by Gasteiger charge is 2.36. The first-order valence-electron chi connectivity index (χ1n) is 12.6. The van der Waals surface area contributed by atoms with Crippen LogP contribution in [0.25, 0.3) is 10.9 Å². The number of fused-ring (bicyclic) bond motifs is 1. The number of ether oxygens (including phenoxy) is 3. The van der Waals surface area contributed by atoms with E-state index in [0.717, 1.165) is 5.39 Å². The highest BCUT2D eigenvalue weighted by molar-refractivity contribution is 9.10. The molecule has 1 saturated heterocycles. The summed E-state index contributed by atoms with van der Waals surface area (Å²) >= 11 is 10.3. The molecule has 0 bridgehead atoms. The molecule has 0 unspecified atom stereocenters. The molecule has 8 nitrogen and oxygen atoms in total. The predicted octanol–water partition coefficient (Wildman–Crippen LogP) is 7.23. The Morgan fingerprint density at radius 3 is 2.08 bits per heavy atom. The molecule has 1 aliphatic heterocycles. The topological polar surface area (TPSA) is 77.0 Å². The van der Waals surface area contributed by atoms with Gasteiger partial charge in [0.1, 0.15) is 28.1 Å². The van der Waals surface area contributed by atoms with Crippen LogP contribution in [0.5, 0.6) is 11.8 Å². The molecule has 0 radical (unpaired) electrons. The normalized spacial score (nSPS) is 19.3. The first-order valence-corrected chi connectivity index (χ1v) is 13.8. The van der Waals surface area contributed by atoms with Crippen molar-refractivity contribution in [2.75, 3.05) is 18.0 Å². The van der Waals surface area contributed by atoms with Crippen LogP contribution < -0.4 is 14.4 Å². The monoisotopic (exact) mass is 598 g/mol. The summed E-state index contributed by atoms with van der Waals surface area (Å²) in [6.45, 7) is 22.5. The molecular weight excluding hydrogens is 560 g/mol. The van der Waals surface area contributed by atoms with Crippen LogP contribution in [-0.4, -0.2) is 62.9 Å². The van der Waals surface area contributed by atoms with Gasteiger partial charge < -0.3 is 24.0 Å². The molecule has 37 heavy (non-hydrogen) atoms. The van der Waals surface area contributed by atoms with E-state index in [-0.39, 0.29) is 24.2 Å². The second-order valence-electron chi connectivity index (χ2n) is 12.6. The van der Waals surface area contributed by atoms with Gasteiger partial charge in [-0.25, -0.2) is 4.79 Å². The van der Waals surface area contributed by atoms with E-state index < -0.39 is 16.8 Å². The summed E-state index contributed by atoms with van der Waals surface area (Å²) < 4.78 is 18.7. The second-order valence-corrected chi connectivity index (χ2v) is 13.8. The molecule has 0 aliphatic carbocycles. The van der Waals surface area contributed by atoms with E-state index in [1.165, 1.54) is 0 Å². The van der Waals surface area contributed by atoms with E-state index in [2.05, 4.69) is 27.8 Å². The van der Waals surface area contributed by atoms with Crippen molar-refractivity contribution in [3.05, 3.63) is 15.6 Å². The maximum atomic E-state index is 12.9. The fourth-order valence-corrected chi connectivity index (χ4v) is 4.66. The van der Waals surface area contributed by atoms with E-state index in [1.54, 1.807) is 4.90 Å². The van der Waals surface area contributed by atoms with Crippen LogP contribution in [0.2, 0.25) is 5.02 Å². The standard InChI is InChI=1S/C27H40BrClN4O4/c1-15-14-33(24(34)37-27(9,10)11)16(2)13-32(15)22-17-12-18(29)19(28)21(35-25(3,4)5)20(17)30-23(31-22)36-26(6,7)8/h12,15-16H,13-14H2,1-11H3/t15-,16-/m0/s1. The first kappa shape index (κ1) is 29.6. The van der Waals surface area contributed by atoms with Gasteiger partial charge in [-0.15, -0.1) is 0 Å². The summed E-state index contributed by atoms with van der Waals surface area (Å²) in [5.74, 6) is 1.21. The predicted molar refractivity (Wildman–Crippen MR) is 152 cm³/mol. The fraction of sp³-hybridized carbons (Fsp3) is 0.667. The average Bonchev–Trinajstić information content (AvgIpc) is 2.69. The summed E-state index contributed by atoms with van der Waals surface area (Å²) in [5, 5.41) is 1.24. The zero-order valence-electron chi connectivity index (χ0n) is 23.8. The van der Waals surface area contributed by atoms with Crippen molar-refractivity contribution in [3.63, 3.8) is 0 Å². The van der Waals surface area contributed by atoms with Crippen LogP contribution in [0, 0.1) is 0 Å². The second kappa shape index (κ2) is 10.3. The summed E-state index contributed by atoms with van der Waals surface area (Å²) in [6, 6.07) is 1.93. The molecule has 1 aromatic heterocycles. The minimum atomic E-state index is -0.563. The number of nitrogens with zero attached hydrogens (tertiary/aromatic N) is 4. The first-order chi connectivity index (χ1) is 16.8. The zero-order chi connectivity index (χ0) is 28.1. The summed E-state index contributed by atoms with van der Waals surface area (Å²) in [7, 11) is 0. The number of amides is 1. The lowest BCUT2D eigenvalue weighted by Gasteiger charge is -2.45. The van der Waals surface area contributed by atoms with Crippen molar-refractivity contribution >= 4 is 50.3 Å². The summed E-state index contributed by atoms with van der Waals surface area (Å²) in [5.41, 5.74) is -0.956. The smallest absolute Gasteiger partial charge is 0.410 e. The number of anilines is 1. The van der Waals surface area contributed by atoms with Crippen molar-refractivity contribution in [2.45, 2.75) is 105 Å². The largest absolute Gasteiger partial charge is 0.485 e. The number of hydrogen-bond donors (Lipinski definition) is 0. The number of carbonyl (C=O) groups is 1. The van der Waals surface area contributed by atoms with Gasteiger partial charge in [-0.2, -0.15) is 9.97 Å². The molecule has 2 aromatic rings. The van der Waals surface area contributed by atoms with Crippen LogP contribution >= 0.6 is 27.5 Å². The average molecular weight is 600 g/mol. The Kier molecular flexibility index (Phi) is 8.22. The molecule has 1 aromatic carbocycles. The van der Waals surface area contributed by atoms with Gasteiger partial charge in [0.25, 0.3) is 0 Å². The Labute approximate surface area is 234 Å². The van der Waals surface area contributed by atoms with Gasteiger partial charge in [-0.1, -0.05) is 11.6 Å². The number of halogens is 2. The van der Waals surface area contributed by atoms with Crippen LogP contribution in [0.15, 0.2) is 10.5 Å². The zero-order valence-corrected chi connectivity index (χ0v) is 26.2. The molecule has 0 N–H and O–H groups in total. The van der Waals surface area contributed by atoms with Crippen LogP contribution in [0.4, 0.5) is 10.6 Å². The summed E-state index contributed by atoms with van der Waals surface area (Å²) in [6.07, 6.45) is -0.316. The number of hydrogen-bond acceptors (Lipinski definition) is 7. The molecule has 0 spiro atoms. The van der Waals surface area contributed by atoms with Gasteiger partial charge in [-0.05, 0) is 98.2 Å². The Bertz CT molecular complexity index is 1170. The maximum Gasteiger partial charge on any atom is 0.410 e. The Hall–Kier alpha value is -2.00. The maximum absolute atomic E-state index is 12.9. The Morgan fingerprint density at radius 2 is 1.54 bits per heavy atom. The van der Waals surface area contributed by atoms with E-state index in [0.29, 0.717) is 39.7 Å². The highest BCUT2D eigenvalue weighted by atomic mass is 79.9. The number of aromatic nitrogens is 2. The lowest BCUT2D eigenvalue weighted by molar-refractivity contribution is 0.0129. The van der Waals surface area contributed by atoms with E-state index in [4.69, 9.17) is 35.8 Å². The van der Waals surface area contributed by atoms with Crippen molar-refractivity contribution in [2.24, 2.45) is 0 Å². The van der Waals surface area contributed by atoms with Crippen LogP contribution in [-0.2, 0) is 4.74 Å². The SMILES string of the molecule is C[C@H]1CN(c2nc(OC(C)(C)C)nc3c(OC(C)(C)C)c(Br)c(Cl)cc23)[C@@H](C)CN1C(=O)OC(C)(C)C. The van der Waals surface area contributed by atoms with Gasteiger partial charge in [0.2, 0.25) is 0 Å². The summed E-state index contributed by atoms with van der Waals surface area (Å²) in [4.78, 5) is 26.5. The molecule has 2 heterocycles. The van der Waals surface area contributed by atoms with Gasteiger partial charge in [0.05, 0.1) is 9.50 Å². The molecule has 2 atom stereocenters. The number of benzene rings is 1. The minimum absolute atomic E-state index is 0.0567. The molecule has 206 valence electrons. The van der Waals surface area contributed by atoms with Gasteiger partial charge in [0, 0.05) is 30.6 Å². The minimum Gasteiger partial charge on any atom is -0.485 e. The molecule has 0 saturated carbocycles. The fourth-order valence-electron chi connectivity index (χ4n) is 4.08. The molecule has 1 amide bonds. The highest BCUT2D eigenvalue weighted by Crippen LogP contribution is 2.44. The van der Waals surface area contributed by atoms with E-state index in [1.807, 2.05) is 75.3 Å². The number of carbonyl (C=O) groups excluding carboxylic acids is 1. The molecule has 1 fully saturated rings.